The number of aliphatic imine (C=N–C) groups is 1. The van der Waals surface area contributed by atoms with Gasteiger partial charge in [0, 0.05) is 38.0 Å². The van der Waals surface area contributed by atoms with Crippen LogP contribution >= 0.6 is 11.3 Å². The van der Waals surface area contributed by atoms with Gasteiger partial charge in [-0.1, -0.05) is 25.7 Å². The molecule has 1 saturated carbocycles. The molecule has 0 unspecified atom stereocenters. The summed E-state index contributed by atoms with van der Waals surface area (Å²) in [6.07, 6.45) is 11.6. The zero-order valence-corrected chi connectivity index (χ0v) is 17.6. The Morgan fingerprint density at radius 2 is 1.85 bits per heavy atom. The molecule has 2 rings (SSSR count). The van der Waals surface area contributed by atoms with Gasteiger partial charge in [-0.25, -0.2) is 4.98 Å². The first kappa shape index (κ1) is 21.2. The van der Waals surface area contributed by atoms with Gasteiger partial charge in [0.05, 0.1) is 16.8 Å². The molecular weight excluding hydrogens is 344 g/mol. The number of nitrogens with one attached hydrogen (secondary N) is 2. The van der Waals surface area contributed by atoms with Crippen molar-refractivity contribution >= 4 is 17.3 Å². The van der Waals surface area contributed by atoms with Crippen LogP contribution in [-0.2, 0) is 11.2 Å². The summed E-state index contributed by atoms with van der Waals surface area (Å²) in [5.74, 6) is 0.875. The highest BCUT2D eigenvalue weighted by Gasteiger charge is 2.11. The molecule has 1 fully saturated rings. The highest BCUT2D eigenvalue weighted by molar-refractivity contribution is 7.11. The number of rotatable bonds is 9. The number of nitrogens with zero attached hydrogens (tertiary/aromatic N) is 2. The fraction of sp³-hybridized carbons (Fsp3) is 0.800. The van der Waals surface area contributed by atoms with Gasteiger partial charge in [-0.05, 0) is 39.5 Å². The average molecular weight is 381 g/mol. The first-order chi connectivity index (χ1) is 12.7. The van der Waals surface area contributed by atoms with Gasteiger partial charge in [0.2, 0.25) is 0 Å². The maximum absolute atomic E-state index is 6.04. The number of hydrogen-bond donors (Lipinski definition) is 2. The third-order valence-corrected chi connectivity index (χ3v) is 6.08. The van der Waals surface area contributed by atoms with Crippen LogP contribution < -0.4 is 10.6 Å². The molecule has 0 saturated heterocycles. The third kappa shape index (κ3) is 8.04. The van der Waals surface area contributed by atoms with Crippen LogP contribution in [0.25, 0.3) is 0 Å². The van der Waals surface area contributed by atoms with Crippen molar-refractivity contribution < 1.29 is 4.74 Å². The normalized spacial score (nSPS) is 16.5. The van der Waals surface area contributed by atoms with Crippen molar-refractivity contribution in [2.75, 3.05) is 26.7 Å². The maximum Gasteiger partial charge on any atom is 0.190 e. The standard InChI is InChI=1S/C20H36N4OS/c1-16-17(2)26-19(24-16)12-14-23-20(21-3)22-13-8-9-15-25-18-10-6-4-5-7-11-18/h18H,4-15H2,1-3H3,(H2,21,22,23). The molecule has 0 amide bonds. The summed E-state index contributed by atoms with van der Waals surface area (Å²) in [4.78, 5) is 10.2. The number of aryl methyl sites for hydroxylation is 2. The quantitative estimate of drug-likeness (QED) is 0.294. The minimum absolute atomic E-state index is 0.512. The summed E-state index contributed by atoms with van der Waals surface area (Å²) < 4.78 is 6.04. The van der Waals surface area contributed by atoms with E-state index in [9.17, 15) is 0 Å². The van der Waals surface area contributed by atoms with Crippen LogP contribution in [0.4, 0.5) is 0 Å². The summed E-state index contributed by atoms with van der Waals surface area (Å²) in [7, 11) is 1.82. The fourth-order valence-electron chi connectivity index (χ4n) is 3.25. The summed E-state index contributed by atoms with van der Waals surface area (Å²) in [6, 6.07) is 0. The molecule has 0 spiro atoms. The lowest BCUT2D eigenvalue weighted by molar-refractivity contribution is 0.0411. The van der Waals surface area contributed by atoms with Crippen LogP contribution in [0.3, 0.4) is 0 Å². The Bertz CT molecular complexity index is 516. The van der Waals surface area contributed by atoms with Gasteiger partial charge < -0.3 is 15.4 Å². The molecular formula is C20H36N4OS. The molecule has 26 heavy (non-hydrogen) atoms. The summed E-state index contributed by atoms with van der Waals surface area (Å²) in [6.45, 7) is 6.88. The van der Waals surface area contributed by atoms with Crippen LogP contribution in [0.2, 0.25) is 0 Å². The largest absolute Gasteiger partial charge is 0.378 e. The lowest BCUT2D eigenvalue weighted by atomic mass is 10.1. The van der Waals surface area contributed by atoms with Gasteiger partial charge in [0.1, 0.15) is 0 Å². The highest BCUT2D eigenvalue weighted by atomic mass is 32.1. The molecule has 148 valence electrons. The number of guanidine groups is 1. The van der Waals surface area contributed by atoms with Crippen molar-refractivity contribution in [3.05, 3.63) is 15.6 Å². The Balaban J connectivity index is 1.50. The first-order valence-electron chi connectivity index (χ1n) is 10.2. The molecule has 6 heteroatoms. The average Bonchev–Trinajstić information content (AvgIpc) is 2.82. The number of unbranched alkanes of at least 4 members (excludes halogenated alkanes) is 1. The van der Waals surface area contributed by atoms with Gasteiger partial charge in [0.15, 0.2) is 5.96 Å². The SMILES string of the molecule is CN=C(NCCCCOC1CCCCCC1)NCCc1nc(C)c(C)s1. The predicted molar refractivity (Wildman–Crippen MR) is 111 cm³/mol. The molecule has 0 aliphatic heterocycles. The molecule has 2 N–H and O–H groups in total. The van der Waals surface area contributed by atoms with Gasteiger partial charge in [-0.2, -0.15) is 0 Å². The number of hydrogen-bond acceptors (Lipinski definition) is 4. The Hall–Kier alpha value is -1.14. The van der Waals surface area contributed by atoms with E-state index in [-0.39, 0.29) is 0 Å². The molecule has 1 aromatic heterocycles. The molecule has 1 aromatic rings. The Labute approximate surface area is 163 Å². The Morgan fingerprint density at radius 1 is 1.12 bits per heavy atom. The fourth-order valence-corrected chi connectivity index (χ4v) is 4.18. The monoisotopic (exact) mass is 380 g/mol. The minimum atomic E-state index is 0.512. The summed E-state index contributed by atoms with van der Waals surface area (Å²) in [5, 5.41) is 7.95. The van der Waals surface area contributed by atoms with Gasteiger partial charge in [-0.3, -0.25) is 4.99 Å². The second-order valence-corrected chi connectivity index (χ2v) is 8.40. The zero-order valence-electron chi connectivity index (χ0n) is 16.8. The molecule has 1 aliphatic rings. The minimum Gasteiger partial charge on any atom is -0.378 e. The van der Waals surface area contributed by atoms with E-state index < -0.39 is 0 Å². The topological polar surface area (TPSA) is 58.5 Å². The molecule has 0 bridgehead atoms. The molecule has 1 heterocycles. The van der Waals surface area contributed by atoms with Crippen molar-refractivity contribution in [3.8, 4) is 0 Å². The van der Waals surface area contributed by atoms with E-state index in [1.807, 2.05) is 7.05 Å². The van der Waals surface area contributed by atoms with Gasteiger partial charge in [-0.15, -0.1) is 11.3 Å². The van der Waals surface area contributed by atoms with Crippen molar-refractivity contribution in [1.29, 1.82) is 0 Å². The van der Waals surface area contributed by atoms with Gasteiger partial charge >= 0.3 is 0 Å². The van der Waals surface area contributed by atoms with Crippen molar-refractivity contribution in [1.82, 2.24) is 15.6 Å². The second kappa shape index (κ2) is 12.3. The lowest BCUT2D eigenvalue weighted by Gasteiger charge is -2.15. The number of thiazole rings is 1. The van der Waals surface area contributed by atoms with Crippen molar-refractivity contribution in [3.63, 3.8) is 0 Å². The summed E-state index contributed by atoms with van der Waals surface area (Å²) >= 11 is 1.79. The molecule has 0 aromatic carbocycles. The van der Waals surface area contributed by atoms with Crippen LogP contribution in [0.5, 0.6) is 0 Å². The zero-order chi connectivity index (χ0) is 18.6. The lowest BCUT2D eigenvalue weighted by Crippen LogP contribution is -2.38. The smallest absolute Gasteiger partial charge is 0.190 e. The van der Waals surface area contributed by atoms with Crippen molar-refractivity contribution in [2.24, 2.45) is 4.99 Å². The van der Waals surface area contributed by atoms with E-state index in [0.29, 0.717) is 6.10 Å². The highest BCUT2D eigenvalue weighted by Crippen LogP contribution is 2.20. The van der Waals surface area contributed by atoms with E-state index in [1.54, 1.807) is 11.3 Å². The maximum atomic E-state index is 6.04. The van der Waals surface area contributed by atoms with Crippen LogP contribution in [0, 0.1) is 13.8 Å². The van der Waals surface area contributed by atoms with Crippen LogP contribution in [0.15, 0.2) is 4.99 Å². The van der Waals surface area contributed by atoms with Crippen LogP contribution in [0.1, 0.15) is 66.9 Å². The molecule has 5 nitrogen and oxygen atoms in total. The van der Waals surface area contributed by atoms with E-state index in [2.05, 4.69) is 34.5 Å². The Kier molecular flexibility index (Phi) is 10.00. The number of aromatic nitrogens is 1. The van der Waals surface area contributed by atoms with Crippen LogP contribution in [-0.4, -0.2) is 43.8 Å². The molecule has 0 atom stereocenters. The van der Waals surface area contributed by atoms with Crippen molar-refractivity contribution in [2.45, 2.75) is 77.7 Å². The van der Waals surface area contributed by atoms with Gasteiger partial charge in [0.25, 0.3) is 0 Å². The number of ether oxygens (including phenoxy) is 1. The molecule has 1 aliphatic carbocycles. The van der Waals surface area contributed by atoms with E-state index >= 15 is 0 Å². The Morgan fingerprint density at radius 3 is 2.50 bits per heavy atom. The van der Waals surface area contributed by atoms with E-state index in [4.69, 9.17) is 4.74 Å². The molecule has 0 radical (unpaired) electrons. The summed E-state index contributed by atoms with van der Waals surface area (Å²) in [5.41, 5.74) is 1.15. The first-order valence-corrected chi connectivity index (χ1v) is 11.0. The van der Waals surface area contributed by atoms with E-state index in [1.165, 1.54) is 48.4 Å². The third-order valence-electron chi connectivity index (χ3n) is 4.95. The predicted octanol–water partition coefficient (Wildman–Crippen LogP) is 3.99. The second-order valence-electron chi connectivity index (χ2n) is 7.12. The van der Waals surface area contributed by atoms with E-state index in [0.717, 1.165) is 50.6 Å².